The second-order valence-electron chi connectivity index (χ2n) is 10.5. The number of carbonyl (C=O) groups is 3. The zero-order valence-corrected chi connectivity index (χ0v) is 22.8. The monoisotopic (exact) mass is 541 g/mol. The summed E-state index contributed by atoms with van der Waals surface area (Å²) in [6, 6.07) is 15.0. The fourth-order valence-corrected chi connectivity index (χ4v) is 6.07. The van der Waals surface area contributed by atoms with Crippen molar-refractivity contribution in [2.45, 2.75) is 57.2 Å². The highest BCUT2D eigenvalue weighted by Gasteiger charge is 2.31. The number of hydrogen-bond acceptors (Lipinski definition) is 7. The quantitative estimate of drug-likeness (QED) is 0.421. The lowest BCUT2D eigenvalue weighted by Crippen LogP contribution is -2.48. The molecule has 9 nitrogen and oxygen atoms in total. The normalized spacial score (nSPS) is 17.8. The van der Waals surface area contributed by atoms with E-state index in [1.807, 2.05) is 41.4 Å². The van der Waals surface area contributed by atoms with Gasteiger partial charge in [0.25, 0.3) is 0 Å². The van der Waals surface area contributed by atoms with E-state index >= 15 is 0 Å². The number of nitrogens with one attached hydrogen (secondary N) is 2. The minimum absolute atomic E-state index is 0.0522. The van der Waals surface area contributed by atoms with Crippen LogP contribution >= 0.6 is 11.8 Å². The Balaban J connectivity index is 1.26. The third-order valence-electron chi connectivity index (χ3n) is 6.54. The van der Waals surface area contributed by atoms with E-state index < -0.39 is 29.8 Å². The van der Waals surface area contributed by atoms with Crippen molar-refractivity contribution < 1.29 is 29.0 Å². The van der Waals surface area contributed by atoms with Crippen molar-refractivity contribution in [1.29, 1.82) is 0 Å². The summed E-state index contributed by atoms with van der Waals surface area (Å²) < 4.78 is 10.8. The van der Waals surface area contributed by atoms with Crippen LogP contribution < -0.4 is 10.7 Å². The number of carboxylic acids is 1. The predicted octanol–water partition coefficient (Wildman–Crippen LogP) is 4.62. The van der Waals surface area contributed by atoms with Gasteiger partial charge in [-0.3, -0.25) is 5.43 Å². The summed E-state index contributed by atoms with van der Waals surface area (Å²) >= 11 is 1.41. The first kappa shape index (κ1) is 27.8. The maximum Gasteiger partial charge on any atom is 0.422 e. The van der Waals surface area contributed by atoms with Gasteiger partial charge in [-0.25, -0.2) is 19.4 Å². The first-order valence-corrected chi connectivity index (χ1v) is 14.0. The second kappa shape index (κ2) is 12.1. The summed E-state index contributed by atoms with van der Waals surface area (Å²) in [5.74, 6) is -0.444. The zero-order valence-electron chi connectivity index (χ0n) is 21.9. The molecule has 1 saturated heterocycles. The molecule has 2 amide bonds. The van der Waals surface area contributed by atoms with E-state index in [-0.39, 0.29) is 24.3 Å². The molecule has 0 unspecified atom stereocenters. The van der Waals surface area contributed by atoms with Crippen LogP contribution in [0.25, 0.3) is 11.1 Å². The van der Waals surface area contributed by atoms with Crippen LogP contribution in [0.4, 0.5) is 9.59 Å². The Hall–Kier alpha value is -3.24. The van der Waals surface area contributed by atoms with Gasteiger partial charge >= 0.3 is 18.2 Å². The first-order valence-electron chi connectivity index (χ1n) is 12.8. The van der Waals surface area contributed by atoms with Gasteiger partial charge in [0.15, 0.2) is 0 Å². The van der Waals surface area contributed by atoms with Gasteiger partial charge in [-0.1, -0.05) is 48.5 Å². The van der Waals surface area contributed by atoms with Crippen molar-refractivity contribution in [1.82, 2.24) is 15.8 Å². The fraction of sp³-hybridized carbons (Fsp3) is 0.464. The molecular formula is C28H35N3O6S. The Labute approximate surface area is 227 Å². The van der Waals surface area contributed by atoms with Crippen LogP contribution in [-0.2, 0) is 14.3 Å². The third-order valence-corrected chi connectivity index (χ3v) is 7.73. The van der Waals surface area contributed by atoms with E-state index in [1.165, 1.54) is 11.8 Å². The average Bonchev–Trinajstić information content (AvgIpc) is 3.42. The molecule has 4 rings (SSSR count). The molecule has 1 aliphatic carbocycles. The summed E-state index contributed by atoms with van der Waals surface area (Å²) in [5.41, 5.74) is 6.63. The Morgan fingerprint density at radius 2 is 1.68 bits per heavy atom. The van der Waals surface area contributed by atoms with Crippen molar-refractivity contribution in [2.24, 2.45) is 0 Å². The molecule has 1 fully saturated rings. The Bertz CT molecular complexity index is 1120. The molecule has 0 spiro atoms. The fourth-order valence-electron chi connectivity index (χ4n) is 4.85. The van der Waals surface area contributed by atoms with Crippen LogP contribution in [0.2, 0.25) is 0 Å². The van der Waals surface area contributed by atoms with Crippen LogP contribution in [-0.4, -0.2) is 70.6 Å². The number of ether oxygens (including phenoxy) is 2. The smallest absolute Gasteiger partial charge is 0.422 e. The number of aliphatic carboxylic acids is 1. The van der Waals surface area contributed by atoms with Crippen molar-refractivity contribution >= 4 is 29.9 Å². The van der Waals surface area contributed by atoms with Gasteiger partial charge in [-0.15, -0.1) is 0 Å². The Morgan fingerprint density at radius 3 is 2.29 bits per heavy atom. The second-order valence-corrected chi connectivity index (χ2v) is 11.6. The lowest BCUT2D eigenvalue weighted by molar-refractivity contribution is -0.138. The van der Waals surface area contributed by atoms with Gasteiger partial charge in [0.05, 0.1) is 0 Å². The topological polar surface area (TPSA) is 117 Å². The molecule has 3 N–H and O–H groups in total. The van der Waals surface area contributed by atoms with E-state index in [4.69, 9.17) is 9.47 Å². The standard InChI is InChI=1S/C28H35N3O6S/c1-28(2,3)37-27(35)30-31-14-8-9-18(31)16-38-17-24(25(32)33)29-26(34)36-15-23-21-12-6-4-10-19(21)20-11-5-7-13-22(20)23/h4-7,10-13,18,23-24H,8-9,14-17H2,1-3H3,(H,29,34)(H,30,35)(H,32,33)/t18-,24-/m0/s1. The van der Waals surface area contributed by atoms with E-state index in [9.17, 15) is 19.5 Å². The largest absolute Gasteiger partial charge is 0.480 e. The number of hydrazine groups is 1. The lowest BCUT2D eigenvalue weighted by Gasteiger charge is -2.27. The van der Waals surface area contributed by atoms with Gasteiger partial charge in [0.1, 0.15) is 18.2 Å². The predicted molar refractivity (Wildman–Crippen MR) is 146 cm³/mol. The molecule has 0 bridgehead atoms. The minimum Gasteiger partial charge on any atom is -0.480 e. The summed E-state index contributed by atoms with van der Waals surface area (Å²) in [7, 11) is 0. The van der Waals surface area contributed by atoms with Crippen molar-refractivity contribution in [3.05, 3.63) is 59.7 Å². The van der Waals surface area contributed by atoms with Gasteiger partial charge in [0.2, 0.25) is 0 Å². The van der Waals surface area contributed by atoms with Crippen molar-refractivity contribution in [3.63, 3.8) is 0 Å². The number of benzene rings is 2. The molecule has 1 heterocycles. The number of fused-ring (bicyclic) bond motifs is 3. The molecule has 10 heteroatoms. The molecular weight excluding hydrogens is 506 g/mol. The van der Waals surface area contributed by atoms with E-state index in [1.54, 1.807) is 20.8 Å². The maximum absolute atomic E-state index is 12.6. The van der Waals surface area contributed by atoms with Crippen LogP contribution in [0.15, 0.2) is 48.5 Å². The van der Waals surface area contributed by atoms with Gasteiger partial charge in [0, 0.05) is 30.0 Å². The molecule has 2 aromatic rings. The Kier molecular flexibility index (Phi) is 8.83. The number of thioether (sulfide) groups is 1. The molecule has 2 aromatic carbocycles. The molecule has 0 saturated carbocycles. The zero-order chi connectivity index (χ0) is 27.3. The number of alkyl carbamates (subject to hydrolysis) is 1. The molecule has 204 valence electrons. The maximum atomic E-state index is 12.6. The average molecular weight is 542 g/mol. The van der Waals surface area contributed by atoms with Gasteiger partial charge in [-0.2, -0.15) is 11.8 Å². The summed E-state index contributed by atoms with van der Waals surface area (Å²) in [6.45, 7) is 6.23. The van der Waals surface area contributed by atoms with E-state index in [2.05, 4.69) is 22.9 Å². The van der Waals surface area contributed by atoms with Crippen molar-refractivity contribution in [3.8, 4) is 11.1 Å². The molecule has 0 radical (unpaired) electrons. The van der Waals surface area contributed by atoms with Crippen LogP contribution in [0.3, 0.4) is 0 Å². The summed E-state index contributed by atoms with van der Waals surface area (Å²) in [5, 5.41) is 14.0. The molecule has 0 aromatic heterocycles. The van der Waals surface area contributed by atoms with Gasteiger partial charge in [-0.05, 0) is 55.9 Å². The lowest BCUT2D eigenvalue weighted by atomic mass is 9.98. The first-order chi connectivity index (χ1) is 18.1. The van der Waals surface area contributed by atoms with E-state index in [0.29, 0.717) is 12.3 Å². The summed E-state index contributed by atoms with van der Waals surface area (Å²) in [6.07, 6.45) is 0.533. The highest BCUT2D eigenvalue weighted by atomic mass is 32.2. The minimum atomic E-state index is -1.12. The van der Waals surface area contributed by atoms with Crippen LogP contribution in [0, 0.1) is 0 Å². The Morgan fingerprint density at radius 1 is 1.05 bits per heavy atom. The molecule has 1 aliphatic heterocycles. The molecule has 2 aliphatic rings. The van der Waals surface area contributed by atoms with Crippen LogP contribution in [0.5, 0.6) is 0 Å². The third kappa shape index (κ3) is 6.99. The number of rotatable bonds is 9. The highest BCUT2D eigenvalue weighted by molar-refractivity contribution is 7.99. The van der Waals surface area contributed by atoms with Crippen molar-refractivity contribution in [2.75, 3.05) is 24.7 Å². The summed E-state index contributed by atoms with van der Waals surface area (Å²) in [4.78, 5) is 36.5. The molecule has 38 heavy (non-hydrogen) atoms. The van der Waals surface area contributed by atoms with Crippen LogP contribution in [0.1, 0.15) is 50.7 Å². The SMILES string of the molecule is CC(C)(C)OC(=O)NN1CCC[C@H]1CSC[C@H](NC(=O)OCC1c2ccccc2-c2ccccc21)C(=O)O. The number of carbonyl (C=O) groups excluding carboxylic acids is 2. The van der Waals surface area contributed by atoms with Gasteiger partial charge < -0.3 is 19.9 Å². The number of amides is 2. The molecule has 2 atom stereocenters. The number of carboxylic acid groups (broad SMARTS) is 1. The van der Waals surface area contributed by atoms with E-state index in [0.717, 1.165) is 35.1 Å². The number of nitrogens with zero attached hydrogens (tertiary/aromatic N) is 1. The highest BCUT2D eigenvalue weighted by Crippen LogP contribution is 2.44. The number of hydrogen-bond donors (Lipinski definition) is 3.